The molecule has 3 aromatic carbocycles. The second kappa shape index (κ2) is 11.3. The number of carbonyl (C=O) groups excluding carboxylic acids is 1. The van der Waals surface area contributed by atoms with Gasteiger partial charge in [-0.1, -0.05) is 35.9 Å². The Morgan fingerprint density at radius 2 is 2.00 bits per heavy atom. The van der Waals surface area contributed by atoms with Gasteiger partial charge in [0.1, 0.15) is 24.0 Å². The number of para-hydroxylation sites is 1. The highest BCUT2D eigenvalue weighted by atomic mass is 35.5. The van der Waals surface area contributed by atoms with Crippen LogP contribution < -0.4 is 4.74 Å². The van der Waals surface area contributed by atoms with Crippen LogP contribution in [0.4, 0.5) is 4.39 Å². The Kier molecular flexibility index (Phi) is 7.47. The number of imidazole rings is 1. The Balaban J connectivity index is 1.22. The number of aromatic nitrogens is 2. The molecule has 1 fully saturated rings. The van der Waals surface area contributed by atoms with Crippen molar-refractivity contribution in [2.75, 3.05) is 13.2 Å². The molecule has 41 heavy (non-hydrogen) atoms. The maximum absolute atomic E-state index is 14.3. The lowest BCUT2D eigenvalue weighted by atomic mass is 9.98. The van der Waals surface area contributed by atoms with Gasteiger partial charge in [-0.05, 0) is 54.8 Å². The van der Waals surface area contributed by atoms with Crippen LogP contribution in [0.2, 0.25) is 5.02 Å². The Hall–Kier alpha value is -4.21. The summed E-state index contributed by atoms with van der Waals surface area (Å²) in [6.45, 7) is 2.01. The average Bonchev–Trinajstić information content (AvgIpc) is 3.27. The van der Waals surface area contributed by atoms with Crippen LogP contribution in [0.5, 0.6) is 5.75 Å². The molecule has 3 heterocycles. The highest BCUT2D eigenvalue weighted by molar-refractivity contribution is 6.30. The number of rotatable bonds is 9. The summed E-state index contributed by atoms with van der Waals surface area (Å²) < 4.78 is 27.8. The molecule has 1 unspecified atom stereocenters. The molecule has 0 spiro atoms. The molecule has 0 aliphatic carbocycles. The lowest BCUT2D eigenvalue weighted by Crippen LogP contribution is -2.36. The predicted molar refractivity (Wildman–Crippen MR) is 151 cm³/mol. The second-order valence-corrected chi connectivity index (χ2v) is 10.6. The number of hydrogen-bond acceptors (Lipinski definition) is 5. The first-order valence-corrected chi connectivity index (χ1v) is 13.7. The Bertz CT molecular complexity index is 1680. The van der Waals surface area contributed by atoms with Crippen molar-refractivity contribution in [1.82, 2.24) is 14.5 Å². The quantitative estimate of drug-likeness (QED) is 0.275. The molecule has 2 aliphatic rings. The van der Waals surface area contributed by atoms with Gasteiger partial charge in [0.25, 0.3) is 0 Å². The molecule has 2 aliphatic heterocycles. The van der Waals surface area contributed by atoms with E-state index in [1.54, 1.807) is 41.3 Å². The number of carboxylic acid groups (broad SMARTS) is 1. The van der Waals surface area contributed by atoms with Gasteiger partial charge in [-0.25, -0.2) is 14.2 Å². The van der Waals surface area contributed by atoms with Gasteiger partial charge in [0, 0.05) is 35.4 Å². The molecule has 6 rings (SSSR count). The molecule has 0 bridgehead atoms. The Labute approximate surface area is 240 Å². The van der Waals surface area contributed by atoms with E-state index in [1.165, 1.54) is 12.1 Å². The molecule has 8 nitrogen and oxygen atoms in total. The minimum Gasteiger partial charge on any atom is -0.488 e. The zero-order chi connectivity index (χ0) is 28.5. The summed E-state index contributed by atoms with van der Waals surface area (Å²) >= 11 is 5.86. The molecule has 1 aromatic heterocycles. The van der Waals surface area contributed by atoms with Crippen LogP contribution in [0, 0.1) is 5.82 Å². The minimum absolute atomic E-state index is 0.0257. The molecule has 1 saturated heterocycles. The van der Waals surface area contributed by atoms with Crippen LogP contribution in [0.1, 0.15) is 40.2 Å². The lowest BCUT2D eigenvalue weighted by molar-refractivity contribution is -0.127. The van der Waals surface area contributed by atoms with Gasteiger partial charge in [-0.15, -0.1) is 0 Å². The normalized spacial score (nSPS) is 16.9. The van der Waals surface area contributed by atoms with Gasteiger partial charge in [0.05, 0.1) is 35.8 Å². The van der Waals surface area contributed by atoms with Crippen molar-refractivity contribution < 1.29 is 28.6 Å². The zero-order valence-corrected chi connectivity index (χ0v) is 22.8. The van der Waals surface area contributed by atoms with E-state index in [0.29, 0.717) is 59.3 Å². The highest BCUT2D eigenvalue weighted by Crippen LogP contribution is 2.32. The first kappa shape index (κ1) is 27.0. The van der Waals surface area contributed by atoms with Gasteiger partial charge in [0.15, 0.2) is 0 Å². The summed E-state index contributed by atoms with van der Waals surface area (Å²) in [4.78, 5) is 31.4. The van der Waals surface area contributed by atoms with Crippen molar-refractivity contribution >= 4 is 40.1 Å². The summed E-state index contributed by atoms with van der Waals surface area (Å²) in [6.07, 6.45) is 3.15. The van der Waals surface area contributed by atoms with Crippen LogP contribution in [0.15, 0.2) is 66.7 Å². The third-order valence-corrected chi connectivity index (χ3v) is 7.71. The van der Waals surface area contributed by atoms with E-state index in [4.69, 9.17) is 26.1 Å². The van der Waals surface area contributed by atoms with Gasteiger partial charge in [-0.3, -0.25) is 4.79 Å². The molecule has 0 radical (unpaired) electrons. The lowest BCUT2D eigenvalue weighted by Gasteiger charge is -2.29. The number of halogens is 2. The van der Waals surface area contributed by atoms with E-state index in [-0.39, 0.29) is 30.7 Å². The van der Waals surface area contributed by atoms with Crippen LogP contribution in [-0.2, 0) is 29.2 Å². The monoisotopic (exact) mass is 575 g/mol. The van der Waals surface area contributed by atoms with E-state index in [0.717, 1.165) is 17.6 Å². The number of carboxylic acids is 1. The molecular weight excluding hydrogens is 549 g/mol. The number of benzene rings is 3. The second-order valence-electron chi connectivity index (χ2n) is 10.1. The van der Waals surface area contributed by atoms with Crippen molar-refractivity contribution in [3.63, 3.8) is 0 Å². The largest absolute Gasteiger partial charge is 0.488 e. The molecule has 210 valence electrons. The number of nitrogens with zero attached hydrogens (tertiary/aromatic N) is 3. The smallest absolute Gasteiger partial charge is 0.335 e. The van der Waals surface area contributed by atoms with E-state index in [2.05, 4.69) is 0 Å². The highest BCUT2D eigenvalue weighted by Gasteiger charge is 2.26. The van der Waals surface area contributed by atoms with Crippen molar-refractivity contribution in [2.24, 2.45) is 0 Å². The Morgan fingerprint density at radius 1 is 1.17 bits per heavy atom. The van der Waals surface area contributed by atoms with Crippen LogP contribution in [0.3, 0.4) is 0 Å². The number of ether oxygens (including phenoxy) is 2. The standard InChI is InChI=1S/C31H27ClFN3O5/c32-22-7-5-21(25(33)15-22)18-41-28-4-2-1-3-24(28)19-9-11-35(30(37)14-19)17-29-34-26-8-6-20(31(38)39)13-27(26)36(29)16-23-10-12-40-23/h1-8,13-15,23H,9-12,16-18H2,(H,38,39). The van der Waals surface area contributed by atoms with E-state index >= 15 is 0 Å². The molecule has 4 aromatic rings. The van der Waals surface area contributed by atoms with E-state index < -0.39 is 11.8 Å². The molecule has 0 saturated carbocycles. The maximum atomic E-state index is 14.3. The zero-order valence-electron chi connectivity index (χ0n) is 22.1. The topological polar surface area (TPSA) is 93.9 Å². The third kappa shape index (κ3) is 5.68. The van der Waals surface area contributed by atoms with Gasteiger partial charge >= 0.3 is 5.97 Å². The summed E-state index contributed by atoms with van der Waals surface area (Å²) in [5.41, 5.74) is 3.56. The van der Waals surface area contributed by atoms with Crippen LogP contribution in [0.25, 0.3) is 16.6 Å². The summed E-state index contributed by atoms with van der Waals surface area (Å²) in [6, 6.07) is 16.7. The number of aromatic carboxylic acids is 1. The SMILES string of the molecule is O=C(O)c1ccc2nc(CN3CCC(c4ccccc4OCc4ccc(Cl)cc4F)=CC3=O)n(CC3CCO3)c2c1. The maximum Gasteiger partial charge on any atom is 0.335 e. The molecule has 10 heteroatoms. The molecule has 1 N–H and O–H groups in total. The van der Waals surface area contributed by atoms with Crippen LogP contribution >= 0.6 is 11.6 Å². The first-order valence-electron chi connectivity index (χ1n) is 13.4. The third-order valence-electron chi connectivity index (χ3n) is 7.48. The van der Waals surface area contributed by atoms with Crippen molar-refractivity contribution in [1.29, 1.82) is 0 Å². The van der Waals surface area contributed by atoms with Crippen molar-refractivity contribution in [3.8, 4) is 5.75 Å². The summed E-state index contributed by atoms with van der Waals surface area (Å²) in [7, 11) is 0. The predicted octanol–water partition coefficient (Wildman–Crippen LogP) is 5.71. The molecular formula is C31H27ClFN3O5. The fraction of sp³-hybridized carbons (Fsp3) is 0.258. The summed E-state index contributed by atoms with van der Waals surface area (Å²) in [5.74, 6) is -0.364. The van der Waals surface area contributed by atoms with Crippen LogP contribution in [-0.4, -0.2) is 50.7 Å². The minimum atomic E-state index is -1.01. The molecule has 1 atom stereocenters. The number of hydrogen-bond donors (Lipinski definition) is 1. The number of amides is 1. The van der Waals surface area contributed by atoms with Gasteiger partial charge < -0.3 is 24.0 Å². The fourth-order valence-corrected chi connectivity index (χ4v) is 5.29. The fourth-order valence-electron chi connectivity index (χ4n) is 5.13. The summed E-state index contributed by atoms with van der Waals surface area (Å²) in [5, 5.41) is 9.80. The van der Waals surface area contributed by atoms with Gasteiger partial charge in [-0.2, -0.15) is 0 Å². The Morgan fingerprint density at radius 3 is 2.73 bits per heavy atom. The number of fused-ring (bicyclic) bond motifs is 1. The first-order chi connectivity index (χ1) is 19.9. The van der Waals surface area contributed by atoms with Gasteiger partial charge in [0.2, 0.25) is 5.91 Å². The molecule has 1 amide bonds. The van der Waals surface area contributed by atoms with E-state index in [1.807, 2.05) is 22.8 Å². The van der Waals surface area contributed by atoms with Crippen molar-refractivity contribution in [2.45, 2.75) is 38.6 Å². The average molecular weight is 576 g/mol. The van der Waals surface area contributed by atoms with Crippen molar-refractivity contribution in [3.05, 3.63) is 100 Å². The van der Waals surface area contributed by atoms with E-state index in [9.17, 15) is 19.1 Å². The number of carbonyl (C=O) groups is 2.